The Hall–Kier alpha value is -3.36. The highest BCUT2D eigenvalue weighted by Crippen LogP contribution is 2.42. The van der Waals surface area contributed by atoms with Crippen LogP contribution in [0.25, 0.3) is 0 Å². The van der Waals surface area contributed by atoms with Crippen LogP contribution in [0.2, 0.25) is 0 Å². The fraction of sp³-hybridized carbons (Fsp3) is 0.211. The monoisotopic (exact) mass is 395 g/mol. The number of hydrogen-bond acceptors (Lipinski definition) is 5. The van der Waals surface area contributed by atoms with Gasteiger partial charge in [-0.1, -0.05) is 6.08 Å². The topological polar surface area (TPSA) is 78.7 Å². The van der Waals surface area contributed by atoms with Crippen molar-refractivity contribution in [2.45, 2.75) is 19.5 Å². The lowest BCUT2D eigenvalue weighted by Crippen LogP contribution is -2.06. The molecular formula is C19H16F3NO5. The number of ether oxygens (including phenoxy) is 2. The molecular weight excluding hydrogens is 379 g/mol. The average molecular weight is 395 g/mol. The summed E-state index contributed by atoms with van der Waals surface area (Å²) in [6.45, 7) is 5.50. The van der Waals surface area contributed by atoms with Gasteiger partial charge in [0.25, 0.3) is 0 Å². The third-order valence-electron chi connectivity index (χ3n) is 3.65. The molecule has 0 aliphatic heterocycles. The molecule has 0 N–H and O–H groups in total. The second-order valence-electron chi connectivity index (χ2n) is 5.59. The van der Waals surface area contributed by atoms with Crippen molar-refractivity contribution in [3.8, 4) is 17.2 Å². The number of hydrogen-bond donors (Lipinski definition) is 0. The molecule has 0 radical (unpaired) electrons. The van der Waals surface area contributed by atoms with Crippen molar-refractivity contribution in [3.63, 3.8) is 0 Å². The highest BCUT2D eigenvalue weighted by molar-refractivity contribution is 5.77. The summed E-state index contributed by atoms with van der Waals surface area (Å²) in [7, 11) is 0. The summed E-state index contributed by atoms with van der Waals surface area (Å²) in [6, 6.07) is 4.84. The van der Waals surface area contributed by atoms with Crippen molar-refractivity contribution in [2.24, 2.45) is 0 Å². The molecule has 0 amide bonds. The van der Waals surface area contributed by atoms with Crippen LogP contribution >= 0.6 is 0 Å². The average Bonchev–Trinajstić information content (AvgIpc) is 2.63. The molecule has 0 aromatic heterocycles. The molecule has 28 heavy (non-hydrogen) atoms. The lowest BCUT2D eigenvalue weighted by atomic mass is 10.1. The van der Waals surface area contributed by atoms with E-state index in [1.165, 1.54) is 18.2 Å². The van der Waals surface area contributed by atoms with Gasteiger partial charge in [-0.15, -0.1) is 6.58 Å². The third kappa shape index (κ3) is 4.67. The van der Waals surface area contributed by atoms with Crippen molar-refractivity contribution in [1.82, 2.24) is 0 Å². The van der Waals surface area contributed by atoms with E-state index in [2.05, 4.69) is 6.58 Å². The highest BCUT2D eigenvalue weighted by Gasteiger charge is 2.33. The fourth-order valence-corrected chi connectivity index (χ4v) is 2.47. The quantitative estimate of drug-likeness (QED) is 0.261. The zero-order valence-corrected chi connectivity index (χ0v) is 14.8. The predicted molar refractivity (Wildman–Crippen MR) is 95.1 cm³/mol. The van der Waals surface area contributed by atoms with Gasteiger partial charge >= 0.3 is 11.9 Å². The molecule has 2 aromatic carbocycles. The number of nitro benzene ring substituents is 1. The fourth-order valence-electron chi connectivity index (χ4n) is 2.47. The maximum absolute atomic E-state index is 12.9. The Kier molecular flexibility index (Phi) is 6.40. The van der Waals surface area contributed by atoms with Crippen LogP contribution in [0.15, 0.2) is 43.0 Å². The zero-order valence-electron chi connectivity index (χ0n) is 14.8. The summed E-state index contributed by atoms with van der Waals surface area (Å²) in [5.74, 6) is -0.184. The summed E-state index contributed by atoms with van der Waals surface area (Å²) in [5, 5.41) is 11.3. The predicted octanol–water partition coefficient (Wildman–Crippen LogP) is 5.35. The van der Waals surface area contributed by atoms with Crippen LogP contribution in [0.5, 0.6) is 17.2 Å². The molecule has 0 spiro atoms. The minimum absolute atomic E-state index is 0.0650. The van der Waals surface area contributed by atoms with E-state index >= 15 is 0 Å². The molecule has 0 unspecified atom stereocenters. The van der Waals surface area contributed by atoms with Crippen molar-refractivity contribution < 1.29 is 32.4 Å². The van der Waals surface area contributed by atoms with Crippen LogP contribution < -0.4 is 9.47 Å². The van der Waals surface area contributed by atoms with Gasteiger partial charge in [0.1, 0.15) is 6.29 Å². The summed E-state index contributed by atoms with van der Waals surface area (Å²) in [6.07, 6.45) is -2.38. The van der Waals surface area contributed by atoms with Gasteiger partial charge < -0.3 is 9.47 Å². The number of nitro groups is 1. The van der Waals surface area contributed by atoms with Gasteiger partial charge in [-0.2, -0.15) is 13.2 Å². The largest absolute Gasteiger partial charge is 0.490 e. The first-order chi connectivity index (χ1) is 13.2. The van der Waals surface area contributed by atoms with E-state index in [9.17, 15) is 28.1 Å². The smallest absolute Gasteiger partial charge is 0.416 e. The van der Waals surface area contributed by atoms with Gasteiger partial charge in [0.15, 0.2) is 11.5 Å². The van der Waals surface area contributed by atoms with Gasteiger partial charge in [-0.3, -0.25) is 14.9 Å². The lowest BCUT2D eigenvalue weighted by molar-refractivity contribution is -0.385. The molecule has 0 atom stereocenters. The van der Waals surface area contributed by atoms with E-state index < -0.39 is 22.4 Å². The Bertz CT molecular complexity index is 909. The number of allylic oxidation sites excluding steroid dienone is 1. The van der Waals surface area contributed by atoms with Crippen molar-refractivity contribution >= 4 is 12.0 Å². The molecule has 0 heterocycles. The highest BCUT2D eigenvalue weighted by atomic mass is 19.4. The summed E-state index contributed by atoms with van der Waals surface area (Å²) in [5.41, 5.74) is -1.28. The van der Waals surface area contributed by atoms with Crippen LogP contribution in [-0.2, 0) is 12.6 Å². The van der Waals surface area contributed by atoms with Crippen molar-refractivity contribution in [1.29, 1.82) is 0 Å². The molecule has 0 fully saturated rings. The number of alkyl halides is 3. The van der Waals surface area contributed by atoms with Crippen LogP contribution in [0, 0.1) is 10.1 Å². The second kappa shape index (κ2) is 8.55. The van der Waals surface area contributed by atoms with Gasteiger partial charge in [-0.05, 0) is 37.6 Å². The zero-order chi connectivity index (χ0) is 20.9. The second-order valence-corrected chi connectivity index (χ2v) is 5.59. The Balaban J connectivity index is 2.62. The third-order valence-corrected chi connectivity index (χ3v) is 3.65. The summed E-state index contributed by atoms with van der Waals surface area (Å²) < 4.78 is 49.7. The van der Waals surface area contributed by atoms with Crippen LogP contribution in [-0.4, -0.2) is 17.8 Å². The first-order valence-electron chi connectivity index (χ1n) is 8.10. The molecule has 0 bridgehead atoms. The number of rotatable bonds is 8. The van der Waals surface area contributed by atoms with Crippen LogP contribution in [0.3, 0.4) is 0 Å². The minimum atomic E-state index is -4.74. The Morgan fingerprint density at radius 2 is 1.93 bits per heavy atom. The molecule has 6 nitrogen and oxygen atoms in total. The molecule has 2 rings (SSSR count). The Morgan fingerprint density at radius 1 is 1.21 bits per heavy atom. The van der Waals surface area contributed by atoms with E-state index in [0.717, 1.165) is 6.07 Å². The van der Waals surface area contributed by atoms with Crippen LogP contribution in [0.4, 0.5) is 18.9 Å². The molecule has 0 aliphatic rings. The minimum Gasteiger partial charge on any atom is -0.490 e. The molecule has 148 valence electrons. The number of carbonyl (C=O) groups is 1. The number of benzene rings is 2. The maximum atomic E-state index is 12.9. The van der Waals surface area contributed by atoms with E-state index in [-0.39, 0.29) is 35.8 Å². The van der Waals surface area contributed by atoms with E-state index in [4.69, 9.17) is 9.47 Å². The summed E-state index contributed by atoms with van der Waals surface area (Å²) in [4.78, 5) is 21.5. The number of aldehydes is 1. The Labute approximate surface area is 158 Å². The lowest BCUT2D eigenvalue weighted by Gasteiger charge is -2.16. The first-order valence-corrected chi connectivity index (χ1v) is 8.10. The first kappa shape index (κ1) is 20.9. The van der Waals surface area contributed by atoms with Crippen molar-refractivity contribution in [3.05, 3.63) is 69.8 Å². The Morgan fingerprint density at radius 3 is 2.46 bits per heavy atom. The van der Waals surface area contributed by atoms with E-state index in [0.29, 0.717) is 24.0 Å². The number of halogens is 3. The van der Waals surface area contributed by atoms with E-state index in [1.54, 1.807) is 6.92 Å². The molecule has 0 saturated carbocycles. The van der Waals surface area contributed by atoms with Gasteiger partial charge in [0.05, 0.1) is 17.1 Å². The molecule has 2 aromatic rings. The molecule has 9 heteroatoms. The van der Waals surface area contributed by atoms with E-state index in [1.807, 2.05) is 0 Å². The standard InChI is InChI=1S/C19H16F3NO5/c1-3-5-13-8-12(11-24)9-17(27-4-2)18(13)28-16-7-6-14(19(20,21)22)10-15(16)23(25)26/h3,6-11H,1,4-5H2,2H3. The van der Waals surface area contributed by atoms with Gasteiger partial charge in [0, 0.05) is 17.2 Å². The van der Waals surface area contributed by atoms with Gasteiger partial charge in [-0.25, -0.2) is 0 Å². The molecule has 0 aliphatic carbocycles. The van der Waals surface area contributed by atoms with Crippen molar-refractivity contribution in [2.75, 3.05) is 6.61 Å². The van der Waals surface area contributed by atoms with Crippen LogP contribution in [0.1, 0.15) is 28.4 Å². The SMILES string of the molecule is C=CCc1cc(C=O)cc(OCC)c1Oc1ccc(C(F)(F)F)cc1[N+](=O)[O-]. The number of nitrogens with zero attached hydrogens (tertiary/aromatic N) is 1. The molecule has 0 saturated heterocycles. The number of carbonyl (C=O) groups excluding carboxylic acids is 1. The van der Waals surface area contributed by atoms with Gasteiger partial charge in [0.2, 0.25) is 5.75 Å². The summed E-state index contributed by atoms with van der Waals surface area (Å²) >= 11 is 0. The maximum Gasteiger partial charge on any atom is 0.416 e. The normalized spacial score (nSPS) is 11.0.